The van der Waals surface area contributed by atoms with Gasteiger partial charge in [0, 0.05) is 25.7 Å². The number of rotatable bonds is 1. The van der Waals surface area contributed by atoms with Crippen LogP contribution >= 0.6 is 0 Å². The lowest BCUT2D eigenvalue weighted by molar-refractivity contribution is 0.00812. The van der Waals surface area contributed by atoms with Gasteiger partial charge in [-0.3, -0.25) is 9.80 Å². The molecule has 2 aliphatic rings. The maximum Gasteiger partial charge on any atom is 0.0625 e. The molecule has 3 nitrogen and oxygen atoms in total. The maximum absolute atomic E-state index is 3.45. The normalized spacial score (nSPS) is 37.3. The standard InChI is InChI=1S/C11H22N3/c1-10-9-12-6-8-14(10)11-5-3-4-7-13(11)2/h3,10-12H,4-9H2,1-2H3. The molecule has 0 aromatic carbocycles. The molecule has 0 aliphatic carbocycles. The summed E-state index contributed by atoms with van der Waals surface area (Å²) in [5.74, 6) is 0. The molecule has 2 saturated heterocycles. The first-order valence-electron chi connectivity index (χ1n) is 5.77. The molecule has 3 heteroatoms. The minimum absolute atomic E-state index is 0.654. The molecule has 1 N–H and O–H groups in total. The van der Waals surface area contributed by atoms with E-state index in [4.69, 9.17) is 0 Å². The Labute approximate surface area is 87.4 Å². The fourth-order valence-electron chi connectivity index (χ4n) is 2.58. The van der Waals surface area contributed by atoms with Gasteiger partial charge in [0.25, 0.3) is 0 Å². The van der Waals surface area contributed by atoms with Crippen LogP contribution in [-0.4, -0.2) is 55.2 Å². The molecule has 0 amide bonds. The highest BCUT2D eigenvalue weighted by atomic mass is 15.4. The molecule has 1 radical (unpaired) electrons. The number of nitrogens with zero attached hydrogens (tertiary/aromatic N) is 2. The zero-order valence-electron chi connectivity index (χ0n) is 9.37. The average molecular weight is 196 g/mol. The monoisotopic (exact) mass is 196 g/mol. The summed E-state index contributed by atoms with van der Waals surface area (Å²) in [7, 11) is 2.26. The number of piperidine rings is 1. The van der Waals surface area contributed by atoms with Gasteiger partial charge in [-0.25, -0.2) is 0 Å². The van der Waals surface area contributed by atoms with Crippen LogP contribution in [-0.2, 0) is 0 Å². The Kier molecular flexibility index (Phi) is 3.42. The van der Waals surface area contributed by atoms with E-state index in [0.29, 0.717) is 12.2 Å². The molecule has 14 heavy (non-hydrogen) atoms. The fraction of sp³-hybridized carbons (Fsp3) is 0.909. The summed E-state index contributed by atoms with van der Waals surface area (Å²) in [5, 5.41) is 3.45. The summed E-state index contributed by atoms with van der Waals surface area (Å²) in [6, 6.07) is 0.683. The lowest BCUT2D eigenvalue weighted by atomic mass is 10.0. The summed E-state index contributed by atoms with van der Waals surface area (Å²) < 4.78 is 0. The molecule has 2 heterocycles. The summed E-state index contributed by atoms with van der Waals surface area (Å²) in [6.07, 6.45) is 5.59. The Hall–Kier alpha value is -0.120. The Morgan fingerprint density at radius 3 is 2.93 bits per heavy atom. The van der Waals surface area contributed by atoms with Crippen molar-refractivity contribution < 1.29 is 0 Å². The van der Waals surface area contributed by atoms with Gasteiger partial charge in [0.15, 0.2) is 0 Å². The third-order valence-corrected chi connectivity index (χ3v) is 3.51. The second-order valence-corrected chi connectivity index (χ2v) is 4.57. The van der Waals surface area contributed by atoms with Crippen LogP contribution in [0.3, 0.4) is 0 Å². The minimum Gasteiger partial charge on any atom is -0.314 e. The van der Waals surface area contributed by atoms with Crippen molar-refractivity contribution >= 4 is 0 Å². The summed E-state index contributed by atoms with van der Waals surface area (Å²) in [6.45, 7) is 7.04. The van der Waals surface area contributed by atoms with Gasteiger partial charge in [0.05, 0.1) is 6.17 Å². The quantitative estimate of drug-likeness (QED) is 0.660. The SMILES string of the molecule is CC1CNCCN1C1C[CH]CCN1C. The maximum atomic E-state index is 3.45. The Bertz CT molecular complexity index is 163. The van der Waals surface area contributed by atoms with Crippen molar-refractivity contribution in [1.29, 1.82) is 0 Å². The average Bonchev–Trinajstić information content (AvgIpc) is 2.20. The molecule has 2 unspecified atom stereocenters. The molecule has 0 bridgehead atoms. The molecular weight excluding hydrogens is 174 g/mol. The van der Waals surface area contributed by atoms with Crippen LogP contribution in [0, 0.1) is 6.42 Å². The third kappa shape index (κ3) is 2.10. The van der Waals surface area contributed by atoms with Crippen LogP contribution in [0.25, 0.3) is 0 Å². The lowest BCUT2D eigenvalue weighted by Crippen LogP contribution is -2.59. The molecule has 2 atom stereocenters. The first-order chi connectivity index (χ1) is 6.79. The van der Waals surface area contributed by atoms with Crippen molar-refractivity contribution in [3.05, 3.63) is 6.42 Å². The van der Waals surface area contributed by atoms with Gasteiger partial charge in [-0.2, -0.15) is 0 Å². The summed E-state index contributed by atoms with van der Waals surface area (Å²) >= 11 is 0. The molecule has 0 aromatic rings. The van der Waals surface area contributed by atoms with Gasteiger partial charge in [-0.1, -0.05) is 0 Å². The Morgan fingerprint density at radius 1 is 1.36 bits per heavy atom. The largest absolute Gasteiger partial charge is 0.314 e. The van der Waals surface area contributed by atoms with E-state index in [1.165, 1.54) is 25.9 Å². The zero-order chi connectivity index (χ0) is 9.97. The predicted molar refractivity (Wildman–Crippen MR) is 59.0 cm³/mol. The smallest absolute Gasteiger partial charge is 0.0625 e. The van der Waals surface area contributed by atoms with Gasteiger partial charge >= 0.3 is 0 Å². The highest BCUT2D eigenvalue weighted by Crippen LogP contribution is 2.20. The van der Waals surface area contributed by atoms with E-state index in [9.17, 15) is 0 Å². The number of piperazine rings is 1. The molecule has 0 saturated carbocycles. The second kappa shape index (κ2) is 4.60. The minimum atomic E-state index is 0.654. The molecule has 0 spiro atoms. The number of hydrogen-bond donors (Lipinski definition) is 1. The lowest BCUT2D eigenvalue weighted by Gasteiger charge is -2.45. The predicted octanol–water partition coefficient (Wildman–Crippen LogP) is 0.536. The molecule has 81 valence electrons. The van der Waals surface area contributed by atoms with E-state index in [0.717, 1.165) is 13.1 Å². The van der Waals surface area contributed by atoms with E-state index in [2.05, 4.69) is 35.5 Å². The van der Waals surface area contributed by atoms with Gasteiger partial charge in [0.2, 0.25) is 0 Å². The number of likely N-dealkylation sites (tertiary alicyclic amines) is 1. The van der Waals surface area contributed by atoms with E-state index >= 15 is 0 Å². The molecule has 2 fully saturated rings. The first-order valence-corrected chi connectivity index (χ1v) is 5.77. The van der Waals surface area contributed by atoms with Crippen molar-refractivity contribution in [1.82, 2.24) is 15.1 Å². The fourth-order valence-corrected chi connectivity index (χ4v) is 2.58. The van der Waals surface area contributed by atoms with E-state index in [-0.39, 0.29) is 0 Å². The Morgan fingerprint density at radius 2 is 2.21 bits per heavy atom. The van der Waals surface area contributed by atoms with Crippen LogP contribution in [0.1, 0.15) is 19.8 Å². The van der Waals surface area contributed by atoms with Gasteiger partial charge < -0.3 is 5.32 Å². The molecule has 2 rings (SSSR count). The van der Waals surface area contributed by atoms with Gasteiger partial charge in [-0.15, -0.1) is 0 Å². The van der Waals surface area contributed by atoms with Crippen molar-refractivity contribution in [2.45, 2.75) is 32.0 Å². The van der Waals surface area contributed by atoms with Gasteiger partial charge in [-0.05, 0) is 39.8 Å². The van der Waals surface area contributed by atoms with Crippen molar-refractivity contribution in [2.75, 3.05) is 33.2 Å². The van der Waals surface area contributed by atoms with Crippen molar-refractivity contribution in [3.63, 3.8) is 0 Å². The second-order valence-electron chi connectivity index (χ2n) is 4.57. The molecule has 0 aromatic heterocycles. The zero-order valence-corrected chi connectivity index (χ0v) is 9.37. The van der Waals surface area contributed by atoms with Crippen molar-refractivity contribution in [2.24, 2.45) is 0 Å². The van der Waals surface area contributed by atoms with Crippen LogP contribution in [0.4, 0.5) is 0 Å². The molecule has 2 aliphatic heterocycles. The topological polar surface area (TPSA) is 18.5 Å². The number of hydrogen-bond acceptors (Lipinski definition) is 3. The summed E-state index contributed by atoms with van der Waals surface area (Å²) in [4.78, 5) is 5.15. The van der Waals surface area contributed by atoms with E-state index in [1.54, 1.807) is 0 Å². The highest BCUT2D eigenvalue weighted by Gasteiger charge is 2.29. The van der Waals surface area contributed by atoms with Crippen LogP contribution in [0.2, 0.25) is 0 Å². The Balaban J connectivity index is 1.96. The van der Waals surface area contributed by atoms with Crippen LogP contribution in [0.5, 0.6) is 0 Å². The first kappa shape index (κ1) is 10.4. The van der Waals surface area contributed by atoms with Crippen molar-refractivity contribution in [3.8, 4) is 0 Å². The van der Waals surface area contributed by atoms with Crippen LogP contribution in [0.15, 0.2) is 0 Å². The summed E-state index contributed by atoms with van der Waals surface area (Å²) in [5.41, 5.74) is 0. The van der Waals surface area contributed by atoms with E-state index in [1.807, 2.05) is 0 Å². The van der Waals surface area contributed by atoms with Crippen LogP contribution < -0.4 is 5.32 Å². The highest BCUT2D eigenvalue weighted by molar-refractivity contribution is 4.88. The molecular formula is C11H22N3. The third-order valence-electron chi connectivity index (χ3n) is 3.51. The van der Waals surface area contributed by atoms with Gasteiger partial charge in [0.1, 0.15) is 0 Å². The van der Waals surface area contributed by atoms with E-state index < -0.39 is 0 Å². The number of nitrogens with one attached hydrogen (secondary N) is 1.